The summed E-state index contributed by atoms with van der Waals surface area (Å²) in [6, 6.07) is 41.1. The van der Waals surface area contributed by atoms with E-state index in [4.69, 9.17) is 0 Å². The number of hydrogen-bond acceptors (Lipinski definition) is 0. The van der Waals surface area contributed by atoms with Gasteiger partial charge in [0, 0.05) is 64.7 Å². The van der Waals surface area contributed by atoms with Gasteiger partial charge in [-0.25, -0.2) is 0 Å². The van der Waals surface area contributed by atoms with Gasteiger partial charge >= 0.3 is 0 Å². The van der Waals surface area contributed by atoms with Gasteiger partial charge in [0.2, 0.25) is 17.1 Å². The van der Waals surface area contributed by atoms with E-state index >= 15 is 0 Å². The van der Waals surface area contributed by atoms with E-state index in [-0.39, 0.29) is 16.9 Å². The zero-order valence-corrected chi connectivity index (χ0v) is 29.2. The SMILES string of the molecule is C=CC1c2ccccc2-c2cccc[n+]2-c2cc3c(cc2-c2cc(C(C)(C)C)cc[n+]2C1(CC)CC)c1cccc2c4ccccc4n3c21. The topological polar surface area (TPSA) is 12.2 Å². The monoisotopic (exact) mass is 637 g/mol. The van der Waals surface area contributed by atoms with Crippen LogP contribution in [-0.4, -0.2) is 4.40 Å². The van der Waals surface area contributed by atoms with Crippen LogP contribution in [0.5, 0.6) is 0 Å². The van der Waals surface area contributed by atoms with Crippen molar-refractivity contribution in [3.8, 4) is 28.2 Å². The van der Waals surface area contributed by atoms with Gasteiger partial charge in [-0.05, 0) is 40.8 Å². The Labute approximate surface area is 288 Å². The van der Waals surface area contributed by atoms with Crippen LogP contribution in [0.2, 0.25) is 0 Å². The first-order valence-corrected chi connectivity index (χ1v) is 17.8. The number of pyridine rings is 2. The second-order valence-corrected chi connectivity index (χ2v) is 14.9. The van der Waals surface area contributed by atoms with Gasteiger partial charge in [-0.2, -0.15) is 9.13 Å². The molecule has 0 saturated carbocycles. The average molecular weight is 638 g/mol. The van der Waals surface area contributed by atoms with Crippen LogP contribution in [0.25, 0.3) is 66.3 Å². The number of hydrogen-bond donors (Lipinski definition) is 0. The van der Waals surface area contributed by atoms with Crippen molar-refractivity contribution >= 4 is 38.1 Å². The highest BCUT2D eigenvalue weighted by molar-refractivity contribution is 6.23. The Hall–Kier alpha value is -5.28. The predicted octanol–water partition coefficient (Wildman–Crippen LogP) is 10.8. The van der Waals surface area contributed by atoms with Gasteiger partial charge in [-0.15, -0.1) is 6.58 Å². The molecule has 0 fully saturated rings. The standard InChI is InChI=1S/C46H43N3/c1-7-38-31-17-10-11-18-32(31)39-22-14-15-25-47(39)41-29-43-36(35-21-16-20-34-33-19-12-13-23-40(33)49(43)44(34)35)28-37(41)42-27-30(45(4,5)6)24-26-48(42)46(38,8-2)9-3/h7,10-29,38H,1,8-9H2,2-6H3/q+2. The molecule has 1 unspecified atom stereocenters. The van der Waals surface area contributed by atoms with Gasteiger partial charge in [0.25, 0.3) is 0 Å². The molecule has 240 valence electrons. The Kier molecular flexibility index (Phi) is 6.46. The highest BCUT2D eigenvalue weighted by Crippen LogP contribution is 2.46. The minimum Gasteiger partial charge on any atom is -0.308 e. The largest absolute Gasteiger partial charge is 0.308 e. The van der Waals surface area contributed by atoms with Crippen LogP contribution in [0.4, 0.5) is 0 Å². The van der Waals surface area contributed by atoms with Gasteiger partial charge in [0.15, 0.2) is 17.9 Å². The van der Waals surface area contributed by atoms with Crippen LogP contribution in [0.1, 0.15) is 64.5 Å². The fraction of sp³-hybridized carbons (Fsp3) is 0.217. The summed E-state index contributed by atoms with van der Waals surface area (Å²) in [6.45, 7) is 16.2. The van der Waals surface area contributed by atoms with Crippen molar-refractivity contribution in [1.29, 1.82) is 0 Å². The second kappa shape index (κ2) is 10.6. The minimum atomic E-state index is -0.238. The first-order valence-electron chi connectivity index (χ1n) is 17.8. The van der Waals surface area contributed by atoms with Crippen LogP contribution in [0, 0.1) is 0 Å². The summed E-state index contributed by atoms with van der Waals surface area (Å²) in [5.41, 5.74) is 12.3. The Morgan fingerprint density at radius 1 is 0.694 bits per heavy atom. The predicted molar refractivity (Wildman–Crippen MR) is 204 cm³/mol. The normalized spacial score (nSPS) is 15.7. The van der Waals surface area contributed by atoms with Crippen LogP contribution in [-0.2, 0) is 11.0 Å². The molecule has 8 aromatic rings. The number of rotatable bonds is 3. The van der Waals surface area contributed by atoms with E-state index in [2.05, 4.69) is 182 Å². The van der Waals surface area contributed by atoms with E-state index in [0.717, 1.165) is 12.8 Å². The Morgan fingerprint density at radius 3 is 2.18 bits per heavy atom. The maximum Gasteiger partial charge on any atom is 0.227 e. The van der Waals surface area contributed by atoms with Crippen molar-refractivity contribution in [1.82, 2.24) is 4.40 Å². The van der Waals surface area contributed by atoms with Crippen molar-refractivity contribution in [2.24, 2.45) is 0 Å². The highest BCUT2D eigenvalue weighted by Gasteiger charge is 2.48. The number of nitrogens with zero attached hydrogens (tertiary/aromatic N) is 3. The quantitative estimate of drug-likeness (QED) is 0.135. The maximum atomic E-state index is 4.52. The first kappa shape index (κ1) is 29.8. The molecule has 1 aliphatic rings. The molecule has 0 saturated heterocycles. The molecule has 0 bridgehead atoms. The lowest BCUT2D eigenvalue weighted by molar-refractivity contribution is -0.759. The summed E-state index contributed by atoms with van der Waals surface area (Å²) in [5, 5.41) is 5.19. The molecular weight excluding hydrogens is 595 g/mol. The third-order valence-corrected chi connectivity index (χ3v) is 11.6. The molecule has 49 heavy (non-hydrogen) atoms. The lowest BCUT2D eigenvalue weighted by Crippen LogP contribution is -2.60. The number of allylic oxidation sites excluding steroid dienone is 1. The fourth-order valence-electron chi connectivity index (χ4n) is 9.12. The first-order chi connectivity index (χ1) is 23.8. The van der Waals surface area contributed by atoms with Crippen LogP contribution < -0.4 is 9.13 Å². The molecule has 1 aliphatic heterocycles. The number of fused-ring (bicyclic) bond motifs is 13. The molecule has 1 atom stereocenters. The zero-order valence-electron chi connectivity index (χ0n) is 29.2. The third-order valence-electron chi connectivity index (χ3n) is 11.6. The highest BCUT2D eigenvalue weighted by atomic mass is 15.1. The van der Waals surface area contributed by atoms with Crippen molar-refractivity contribution in [3.63, 3.8) is 0 Å². The Balaban J connectivity index is 1.54. The number of aromatic nitrogens is 3. The average Bonchev–Trinajstić information content (AvgIpc) is 3.65. The van der Waals surface area contributed by atoms with E-state index in [1.165, 1.54) is 77.4 Å². The summed E-state index contributed by atoms with van der Waals surface area (Å²) in [4.78, 5) is 0. The summed E-state index contributed by atoms with van der Waals surface area (Å²) in [6.07, 6.45) is 8.77. The molecule has 9 rings (SSSR count). The van der Waals surface area contributed by atoms with Gasteiger partial charge in [0.1, 0.15) is 5.56 Å². The Morgan fingerprint density at radius 2 is 1.41 bits per heavy atom. The lowest BCUT2D eigenvalue weighted by Gasteiger charge is -2.36. The van der Waals surface area contributed by atoms with E-state index < -0.39 is 0 Å². The van der Waals surface area contributed by atoms with E-state index in [0.29, 0.717) is 0 Å². The van der Waals surface area contributed by atoms with Crippen molar-refractivity contribution in [2.75, 3.05) is 0 Å². The molecule has 0 radical (unpaired) electrons. The third kappa shape index (κ3) is 4.02. The summed E-state index contributed by atoms with van der Waals surface area (Å²) >= 11 is 0. The van der Waals surface area contributed by atoms with Crippen LogP contribution >= 0.6 is 0 Å². The van der Waals surface area contributed by atoms with E-state index in [1.54, 1.807) is 0 Å². The fourth-order valence-corrected chi connectivity index (χ4v) is 9.12. The smallest absolute Gasteiger partial charge is 0.227 e. The Bertz CT molecular complexity index is 2590. The van der Waals surface area contributed by atoms with E-state index in [9.17, 15) is 0 Å². The zero-order chi connectivity index (χ0) is 33.7. The van der Waals surface area contributed by atoms with Crippen molar-refractivity contribution < 1.29 is 9.13 Å². The van der Waals surface area contributed by atoms with Gasteiger partial charge in [-0.3, -0.25) is 0 Å². The molecule has 4 aromatic heterocycles. The number of para-hydroxylation sites is 2. The van der Waals surface area contributed by atoms with Gasteiger partial charge < -0.3 is 4.40 Å². The molecule has 0 spiro atoms. The molecule has 0 amide bonds. The van der Waals surface area contributed by atoms with Crippen molar-refractivity contribution in [2.45, 2.75) is 64.3 Å². The second-order valence-electron chi connectivity index (χ2n) is 14.9. The van der Waals surface area contributed by atoms with Crippen molar-refractivity contribution in [3.05, 3.63) is 145 Å². The maximum absolute atomic E-state index is 4.52. The molecule has 0 aliphatic carbocycles. The summed E-state index contributed by atoms with van der Waals surface area (Å²) < 4.78 is 7.55. The molecule has 0 N–H and O–H groups in total. The molecular formula is C46H43N3+2. The van der Waals surface area contributed by atoms with Gasteiger partial charge in [0.05, 0.1) is 28.0 Å². The molecule has 3 nitrogen and oxygen atoms in total. The number of benzene rings is 4. The summed E-state index contributed by atoms with van der Waals surface area (Å²) in [7, 11) is 0. The summed E-state index contributed by atoms with van der Waals surface area (Å²) in [5.74, 6) is 0.0912. The molecule has 3 heteroatoms. The van der Waals surface area contributed by atoms with Crippen LogP contribution in [0.15, 0.2) is 134 Å². The molecule has 4 aromatic carbocycles. The van der Waals surface area contributed by atoms with Gasteiger partial charge in [-0.1, -0.05) is 95.3 Å². The lowest BCUT2D eigenvalue weighted by atomic mass is 9.72. The van der Waals surface area contributed by atoms with Crippen LogP contribution in [0.3, 0.4) is 0 Å². The van der Waals surface area contributed by atoms with E-state index in [1.807, 2.05) is 0 Å². The molecule has 5 heterocycles. The minimum absolute atomic E-state index is 0.0127.